The Labute approximate surface area is 161 Å². The molecule has 2 aromatic rings. The molecule has 28 heavy (non-hydrogen) atoms. The molecule has 0 saturated carbocycles. The van der Waals surface area contributed by atoms with E-state index >= 15 is 0 Å². The molecule has 1 aliphatic rings. The van der Waals surface area contributed by atoms with E-state index in [0.717, 1.165) is 5.01 Å². The van der Waals surface area contributed by atoms with Crippen molar-refractivity contribution in [2.24, 2.45) is 5.10 Å². The molecule has 2 amide bonds. The Morgan fingerprint density at radius 1 is 1.14 bits per heavy atom. The first kappa shape index (κ1) is 19.0. The van der Waals surface area contributed by atoms with Gasteiger partial charge in [0.2, 0.25) is 23.9 Å². The van der Waals surface area contributed by atoms with Crippen LogP contribution in [0.25, 0.3) is 0 Å². The van der Waals surface area contributed by atoms with E-state index in [1.54, 1.807) is 12.1 Å². The first-order valence-corrected chi connectivity index (χ1v) is 8.50. The fourth-order valence-corrected chi connectivity index (χ4v) is 2.78. The lowest BCUT2D eigenvalue weighted by Crippen LogP contribution is -2.44. The van der Waals surface area contributed by atoms with Crippen molar-refractivity contribution in [3.05, 3.63) is 70.3 Å². The Morgan fingerprint density at radius 2 is 1.79 bits per heavy atom. The quantitative estimate of drug-likeness (QED) is 0.584. The highest BCUT2D eigenvalue weighted by atomic mass is 16.6. The predicted molar refractivity (Wildman–Crippen MR) is 101 cm³/mol. The van der Waals surface area contributed by atoms with Crippen LogP contribution in [0.15, 0.2) is 59.7 Å². The standard InChI is InChI=1S/C19H18N4O5/c1-13(24)21(16-6-4-3-5-7-16)12-18-22(14(2)25)20-19(28-18)15-8-10-17(11-9-15)23(26)27/h3-11,18H,12H2,1-2H3/t18-/m1/s1. The molecule has 1 atom stereocenters. The molecule has 0 unspecified atom stereocenters. The Kier molecular flexibility index (Phi) is 5.35. The minimum Gasteiger partial charge on any atom is -0.448 e. The van der Waals surface area contributed by atoms with Gasteiger partial charge in [0, 0.05) is 37.2 Å². The molecule has 9 nitrogen and oxygen atoms in total. The largest absolute Gasteiger partial charge is 0.448 e. The molecule has 0 aliphatic carbocycles. The van der Waals surface area contributed by atoms with Crippen LogP contribution in [0.5, 0.6) is 0 Å². The van der Waals surface area contributed by atoms with E-state index in [0.29, 0.717) is 11.3 Å². The van der Waals surface area contributed by atoms with Gasteiger partial charge in [-0.1, -0.05) is 18.2 Å². The number of nitrogens with zero attached hydrogens (tertiary/aromatic N) is 4. The lowest BCUT2D eigenvalue weighted by molar-refractivity contribution is -0.384. The lowest BCUT2D eigenvalue weighted by Gasteiger charge is -2.27. The van der Waals surface area contributed by atoms with E-state index < -0.39 is 11.2 Å². The Bertz CT molecular complexity index is 927. The number of anilines is 1. The van der Waals surface area contributed by atoms with Crippen molar-refractivity contribution in [2.75, 3.05) is 11.4 Å². The molecule has 0 aromatic heterocycles. The number of carbonyl (C=O) groups excluding carboxylic acids is 2. The van der Waals surface area contributed by atoms with Crippen LogP contribution < -0.4 is 4.90 Å². The van der Waals surface area contributed by atoms with E-state index in [1.165, 1.54) is 43.0 Å². The fraction of sp³-hybridized carbons (Fsp3) is 0.211. The van der Waals surface area contributed by atoms with E-state index in [9.17, 15) is 19.7 Å². The Balaban J connectivity index is 1.83. The Morgan fingerprint density at radius 3 is 2.32 bits per heavy atom. The van der Waals surface area contributed by atoms with Gasteiger partial charge in [-0.3, -0.25) is 19.7 Å². The molecular formula is C19H18N4O5. The summed E-state index contributed by atoms with van der Waals surface area (Å²) in [7, 11) is 0. The Hall–Kier alpha value is -3.75. The average Bonchev–Trinajstić information content (AvgIpc) is 3.11. The van der Waals surface area contributed by atoms with Crippen LogP contribution in [0.4, 0.5) is 11.4 Å². The number of para-hydroxylation sites is 1. The third-order valence-electron chi connectivity index (χ3n) is 4.15. The molecule has 2 aromatic carbocycles. The van der Waals surface area contributed by atoms with Gasteiger partial charge in [-0.2, -0.15) is 5.01 Å². The summed E-state index contributed by atoms with van der Waals surface area (Å²) in [4.78, 5) is 35.9. The van der Waals surface area contributed by atoms with Crippen LogP contribution in [-0.2, 0) is 14.3 Å². The summed E-state index contributed by atoms with van der Waals surface area (Å²) in [6.45, 7) is 2.86. The summed E-state index contributed by atoms with van der Waals surface area (Å²) in [6.07, 6.45) is -0.813. The maximum atomic E-state index is 12.1. The van der Waals surface area contributed by atoms with Gasteiger partial charge in [0.15, 0.2) is 0 Å². The number of hydrogen-bond acceptors (Lipinski definition) is 6. The second-order valence-corrected chi connectivity index (χ2v) is 6.11. The molecule has 0 saturated heterocycles. The van der Waals surface area contributed by atoms with Crippen LogP contribution in [-0.4, -0.2) is 40.4 Å². The molecule has 1 aliphatic heterocycles. The SMILES string of the molecule is CC(=O)N(C[C@H]1OC(c2ccc([N+](=O)[O-])cc2)=NN1C(C)=O)c1ccccc1. The van der Waals surface area contributed by atoms with E-state index in [1.807, 2.05) is 18.2 Å². The molecule has 9 heteroatoms. The highest BCUT2D eigenvalue weighted by molar-refractivity contribution is 5.97. The number of ether oxygens (including phenoxy) is 1. The van der Waals surface area contributed by atoms with Crippen molar-refractivity contribution >= 4 is 29.1 Å². The fourth-order valence-electron chi connectivity index (χ4n) is 2.78. The third kappa shape index (κ3) is 3.98. The van der Waals surface area contributed by atoms with Gasteiger partial charge < -0.3 is 9.64 Å². The summed E-state index contributed by atoms with van der Waals surface area (Å²) < 4.78 is 5.82. The molecule has 144 valence electrons. The van der Waals surface area contributed by atoms with Crippen molar-refractivity contribution in [1.82, 2.24) is 5.01 Å². The normalized spacial score (nSPS) is 15.6. The topological polar surface area (TPSA) is 105 Å². The second-order valence-electron chi connectivity index (χ2n) is 6.11. The van der Waals surface area contributed by atoms with Gasteiger partial charge in [0.05, 0.1) is 11.5 Å². The number of hydrazone groups is 1. The lowest BCUT2D eigenvalue weighted by atomic mass is 10.2. The summed E-state index contributed by atoms with van der Waals surface area (Å²) in [5.41, 5.74) is 1.11. The molecule has 1 heterocycles. The number of nitro groups is 1. The van der Waals surface area contributed by atoms with Gasteiger partial charge in [0.25, 0.3) is 5.69 Å². The van der Waals surface area contributed by atoms with Gasteiger partial charge in [-0.15, -0.1) is 5.10 Å². The number of amides is 2. The summed E-state index contributed by atoms with van der Waals surface area (Å²) in [6, 6.07) is 14.7. The van der Waals surface area contributed by atoms with Crippen LogP contribution in [0.3, 0.4) is 0 Å². The van der Waals surface area contributed by atoms with Gasteiger partial charge in [-0.25, -0.2) is 0 Å². The first-order valence-electron chi connectivity index (χ1n) is 8.50. The molecular weight excluding hydrogens is 364 g/mol. The van der Waals surface area contributed by atoms with E-state index in [2.05, 4.69) is 5.10 Å². The summed E-state index contributed by atoms with van der Waals surface area (Å²) >= 11 is 0. The van der Waals surface area contributed by atoms with E-state index in [-0.39, 0.29) is 29.9 Å². The molecule has 0 fully saturated rings. The van der Waals surface area contributed by atoms with Crippen LogP contribution in [0.2, 0.25) is 0 Å². The molecule has 3 rings (SSSR count). The maximum absolute atomic E-state index is 12.1. The second kappa shape index (κ2) is 7.87. The predicted octanol–water partition coefficient (Wildman–Crippen LogP) is 2.51. The van der Waals surface area contributed by atoms with E-state index in [4.69, 9.17) is 4.74 Å². The van der Waals surface area contributed by atoms with Crippen LogP contribution in [0, 0.1) is 10.1 Å². The number of non-ortho nitro benzene ring substituents is 1. The molecule has 0 radical (unpaired) electrons. The zero-order valence-corrected chi connectivity index (χ0v) is 15.3. The average molecular weight is 382 g/mol. The first-order chi connectivity index (χ1) is 13.4. The number of hydrogen-bond donors (Lipinski definition) is 0. The van der Waals surface area contributed by atoms with Crippen molar-refractivity contribution in [2.45, 2.75) is 20.1 Å². The van der Waals surface area contributed by atoms with Gasteiger partial charge >= 0.3 is 0 Å². The highest BCUT2D eigenvalue weighted by Crippen LogP contribution is 2.23. The van der Waals surface area contributed by atoms with Crippen LogP contribution >= 0.6 is 0 Å². The number of benzene rings is 2. The van der Waals surface area contributed by atoms with Crippen molar-refractivity contribution in [1.29, 1.82) is 0 Å². The zero-order valence-electron chi connectivity index (χ0n) is 15.3. The molecule has 0 bridgehead atoms. The van der Waals surface area contributed by atoms with Gasteiger partial charge in [0.1, 0.15) is 0 Å². The van der Waals surface area contributed by atoms with Crippen molar-refractivity contribution < 1.29 is 19.2 Å². The molecule has 0 spiro atoms. The minimum absolute atomic E-state index is 0.0610. The zero-order chi connectivity index (χ0) is 20.3. The smallest absolute Gasteiger partial charge is 0.269 e. The number of carbonyl (C=O) groups is 2. The monoisotopic (exact) mass is 382 g/mol. The maximum Gasteiger partial charge on any atom is 0.269 e. The summed E-state index contributed by atoms with van der Waals surface area (Å²) in [5.74, 6) is -0.396. The molecule has 0 N–H and O–H groups in total. The van der Waals surface area contributed by atoms with Crippen molar-refractivity contribution in [3.8, 4) is 0 Å². The number of rotatable bonds is 5. The third-order valence-corrected chi connectivity index (χ3v) is 4.15. The van der Waals surface area contributed by atoms with Crippen LogP contribution in [0.1, 0.15) is 19.4 Å². The number of nitro benzene ring substituents is 1. The minimum atomic E-state index is -0.813. The van der Waals surface area contributed by atoms with Crippen molar-refractivity contribution in [3.63, 3.8) is 0 Å². The van der Waals surface area contributed by atoms with Gasteiger partial charge in [-0.05, 0) is 24.3 Å². The summed E-state index contributed by atoms with van der Waals surface area (Å²) in [5, 5.41) is 16.2. The highest BCUT2D eigenvalue weighted by Gasteiger charge is 2.34.